The Balaban J connectivity index is 2.09. The number of aliphatic hydroxyl groups is 1. The van der Waals surface area contributed by atoms with Gasteiger partial charge in [0.15, 0.2) is 5.78 Å². The highest BCUT2D eigenvalue weighted by atomic mass is 16.6. The predicted octanol–water partition coefficient (Wildman–Crippen LogP) is 5.21. The van der Waals surface area contributed by atoms with Crippen LogP contribution in [0.1, 0.15) is 78.4 Å². The first kappa shape index (κ1) is 24.5. The fraction of sp³-hybridized carbons (Fsp3) is 0.630. The van der Waals surface area contributed by atoms with Crippen LogP contribution in [-0.2, 0) is 14.3 Å². The van der Waals surface area contributed by atoms with Gasteiger partial charge in [0.05, 0.1) is 12.0 Å². The first-order valence-electron chi connectivity index (χ1n) is 11.6. The Kier molecular flexibility index (Phi) is 6.38. The molecule has 0 saturated heterocycles. The van der Waals surface area contributed by atoms with E-state index in [4.69, 9.17) is 4.74 Å². The second-order valence-electron chi connectivity index (χ2n) is 11.2. The molecule has 176 valence electrons. The van der Waals surface area contributed by atoms with Crippen molar-refractivity contribution in [1.29, 1.82) is 0 Å². The summed E-state index contributed by atoms with van der Waals surface area (Å²) in [6.45, 7) is 13.3. The number of ketones is 1. The van der Waals surface area contributed by atoms with Crippen molar-refractivity contribution < 1.29 is 24.5 Å². The van der Waals surface area contributed by atoms with Gasteiger partial charge in [-0.25, -0.2) is 0 Å². The van der Waals surface area contributed by atoms with E-state index in [1.807, 2.05) is 26.0 Å². The Hall–Kier alpha value is -2.14. The number of aryl methyl sites for hydroxylation is 1. The highest BCUT2D eigenvalue weighted by Crippen LogP contribution is 2.63. The van der Waals surface area contributed by atoms with Gasteiger partial charge in [0.2, 0.25) is 0 Å². The number of benzene rings is 1. The standard InChI is InChI=1S/C27H38O5/c1-16-9-10-19(14-20(16)29)17(2)13-21(30)24-26(6)12-8-11-25(4,5)23(26)22(31)15-27(24,7)32-18(3)28/h9-10,13-14,22-24,29,31H,8,11-12,15H2,1-7H3/t22-,23-,24+,26-,27+/m0/s1. The van der Waals surface area contributed by atoms with Crippen LogP contribution >= 0.6 is 0 Å². The molecule has 32 heavy (non-hydrogen) atoms. The van der Waals surface area contributed by atoms with Crippen molar-refractivity contribution in [2.75, 3.05) is 0 Å². The van der Waals surface area contributed by atoms with Crippen LogP contribution in [0.4, 0.5) is 0 Å². The summed E-state index contributed by atoms with van der Waals surface area (Å²) in [5.74, 6) is -0.990. The van der Waals surface area contributed by atoms with E-state index in [1.54, 1.807) is 19.1 Å². The van der Waals surface area contributed by atoms with Gasteiger partial charge in [-0.05, 0) is 79.2 Å². The molecule has 1 aromatic rings. The van der Waals surface area contributed by atoms with E-state index in [0.717, 1.165) is 36.0 Å². The predicted molar refractivity (Wildman–Crippen MR) is 125 cm³/mol. The van der Waals surface area contributed by atoms with Crippen LogP contribution in [0.15, 0.2) is 24.3 Å². The Morgan fingerprint density at radius 1 is 1.12 bits per heavy atom. The van der Waals surface area contributed by atoms with Crippen LogP contribution in [0.25, 0.3) is 5.57 Å². The third kappa shape index (κ3) is 4.24. The summed E-state index contributed by atoms with van der Waals surface area (Å²) in [6, 6.07) is 5.38. The minimum atomic E-state index is -1.09. The lowest BCUT2D eigenvalue weighted by Gasteiger charge is -2.62. The number of phenols is 1. The number of carbonyl (C=O) groups is 2. The molecule has 1 aromatic carbocycles. The van der Waals surface area contributed by atoms with Crippen molar-refractivity contribution in [3.8, 4) is 5.75 Å². The van der Waals surface area contributed by atoms with E-state index in [1.165, 1.54) is 6.92 Å². The molecule has 5 atom stereocenters. The van der Waals surface area contributed by atoms with Gasteiger partial charge in [-0.2, -0.15) is 0 Å². The molecule has 2 aliphatic rings. The van der Waals surface area contributed by atoms with Crippen molar-refractivity contribution >= 4 is 17.3 Å². The first-order chi connectivity index (χ1) is 14.7. The zero-order valence-electron chi connectivity index (χ0n) is 20.5. The van der Waals surface area contributed by atoms with Crippen molar-refractivity contribution in [3.63, 3.8) is 0 Å². The molecule has 0 unspecified atom stereocenters. The molecule has 5 heteroatoms. The van der Waals surface area contributed by atoms with E-state index >= 15 is 0 Å². The molecule has 0 radical (unpaired) electrons. The molecule has 2 fully saturated rings. The lowest BCUT2D eigenvalue weighted by Crippen LogP contribution is -2.65. The minimum Gasteiger partial charge on any atom is -0.508 e. The second kappa shape index (κ2) is 8.33. The maximum Gasteiger partial charge on any atom is 0.303 e. The number of aliphatic hydroxyl groups excluding tert-OH is 1. The van der Waals surface area contributed by atoms with E-state index in [-0.39, 0.29) is 29.3 Å². The van der Waals surface area contributed by atoms with Gasteiger partial charge in [0, 0.05) is 13.3 Å². The second-order valence-corrected chi connectivity index (χ2v) is 11.2. The number of fused-ring (bicyclic) bond motifs is 1. The summed E-state index contributed by atoms with van der Waals surface area (Å²) in [5.41, 5.74) is 0.578. The van der Waals surface area contributed by atoms with E-state index in [0.29, 0.717) is 0 Å². The lowest BCUT2D eigenvalue weighted by molar-refractivity contribution is -0.222. The van der Waals surface area contributed by atoms with Gasteiger partial charge < -0.3 is 14.9 Å². The van der Waals surface area contributed by atoms with Crippen LogP contribution in [0, 0.1) is 29.6 Å². The fourth-order valence-electron chi connectivity index (χ4n) is 7.05. The number of hydrogen-bond acceptors (Lipinski definition) is 5. The highest BCUT2D eigenvalue weighted by Gasteiger charge is 2.64. The van der Waals surface area contributed by atoms with E-state index in [2.05, 4.69) is 20.8 Å². The average Bonchev–Trinajstić information content (AvgIpc) is 2.60. The molecule has 0 bridgehead atoms. The van der Waals surface area contributed by atoms with Gasteiger partial charge >= 0.3 is 5.97 Å². The van der Waals surface area contributed by atoms with Gasteiger partial charge in [0.1, 0.15) is 11.4 Å². The summed E-state index contributed by atoms with van der Waals surface area (Å²) < 4.78 is 5.80. The van der Waals surface area contributed by atoms with Gasteiger partial charge in [-0.15, -0.1) is 0 Å². The third-order valence-electron chi connectivity index (χ3n) is 8.04. The van der Waals surface area contributed by atoms with Crippen LogP contribution in [0.5, 0.6) is 5.75 Å². The lowest BCUT2D eigenvalue weighted by atomic mass is 9.44. The zero-order valence-corrected chi connectivity index (χ0v) is 20.5. The summed E-state index contributed by atoms with van der Waals surface area (Å²) in [4.78, 5) is 25.9. The number of rotatable bonds is 4. The number of esters is 1. The summed E-state index contributed by atoms with van der Waals surface area (Å²) in [5, 5.41) is 21.3. The third-order valence-corrected chi connectivity index (χ3v) is 8.04. The van der Waals surface area contributed by atoms with Crippen molar-refractivity contribution in [3.05, 3.63) is 35.4 Å². The van der Waals surface area contributed by atoms with Crippen molar-refractivity contribution in [2.24, 2.45) is 22.7 Å². The molecule has 0 spiro atoms. The topological polar surface area (TPSA) is 83.8 Å². The van der Waals surface area contributed by atoms with E-state index < -0.39 is 29.0 Å². The van der Waals surface area contributed by atoms with Crippen LogP contribution in [0.2, 0.25) is 0 Å². The number of allylic oxidation sites excluding steroid dienone is 2. The number of aromatic hydroxyl groups is 1. The Morgan fingerprint density at radius 3 is 2.38 bits per heavy atom. The Morgan fingerprint density at radius 2 is 1.78 bits per heavy atom. The smallest absolute Gasteiger partial charge is 0.303 e. The molecule has 0 aromatic heterocycles. The van der Waals surface area contributed by atoms with Crippen molar-refractivity contribution in [1.82, 2.24) is 0 Å². The molecule has 5 nitrogen and oxygen atoms in total. The fourth-order valence-corrected chi connectivity index (χ4v) is 7.05. The summed E-state index contributed by atoms with van der Waals surface area (Å²) in [6.07, 6.45) is 3.96. The van der Waals surface area contributed by atoms with Crippen LogP contribution in [-0.4, -0.2) is 33.7 Å². The van der Waals surface area contributed by atoms with Gasteiger partial charge in [-0.3, -0.25) is 9.59 Å². The molecular formula is C27H38O5. The van der Waals surface area contributed by atoms with Crippen molar-refractivity contribution in [2.45, 2.75) is 85.9 Å². The monoisotopic (exact) mass is 442 g/mol. The molecule has 3 rings (SSSR count). The van der Waals surface area contributed by atoms with E-state index in [9.17, 15) is 19.8 Å². The SMILES string of the molecule is CC(=O)O[C@]1(C)C[C@H](O)[C@H]2C(C)(C)CCC[C@]2(C)[C@H]1C(=O)C=C(C)c1ccc(C)c(O)c1. The molecule has 2 aliphatic carbocycles. The molecule has 0 amide bonds. The van der Waals surface area contributed by atoms with Crippen LogP contribution < -0.4 is 0 Å². The van der Waals surface area contributed by atoms with Gasteiger partial charge in [-0.1, -0.05) is 39.3 Å². The molecule has 0 heterocycles. The number of phenolic OH excluding ortho intramolecular Hbond substituents is 1. The minimum absolute atomic E-state index is 0.0709. The summed E-state index contributed by atoms with van der Waals surface area (Å²) >= 11 is 0. The quantitative estimate of drug-likeness (QED) is 0.494. The molecular weight excluding hydrogens is 404 g/mol. The van der Waals surface area contributed by atoms with Gasteiger partial charge in [0.25, 0.3) is 0 Å². The summed E-state index contributed by atoms with van der Waals surface area (Å²) in [7, 11) is 0. The number of carbonyl (C=O) groups excluding carboxylic acids is 2. The maximum absolute atomic E-state index is 13.9. The highest BCUT2D eigenvalue weighted by molar-refractivity contribution is 5.99. The number of hydrogen-bond donors (Lipinski definition) is 2. The normalized spacial score (nSPS) is 34.5. The largest absolute Gasteiger partial charge is 0.508 e. The molecule has 2 saturated carbocycles. The zero-order chi connectivity index (χ0) is 24.1. The molecule has 2 N–H and O–H groups in total. The average molecular weight is 443 g/mol. The first-order valence-corrected chi connectivity index (χ1v) is 11.6. The van der Waals surface area contributed by atoms with Crippen LogP contribution in [0.3, 0.4) is 0 Å². The number of ether oxygens (including phenoxy) is 1. The molecule has 0 aliphatic heterocycles. The Labute approximate surface area is 191 Å². The Bertz CT molecular complexity index is 945. The maximum atomic E-state index is 13.9.